The molecule has 1 amide bonds. The normalized spacial score (nSPS) is 16.9. The van der Waals surface area contributed by atoms with Gasteiger partial charge in [0.1, 0.15) is 23.4 Å². The Balaban J connectivity index is 1.44. The first-order chi connectivity index (χ1) is 15.7. The Bertz CT molecular complexity index is 1190. The van der Waals surface area contributed by atoms with Crippen LogP contribution in [0.5, 0.6) is 0 Å². The van der Waals surface area contributed by atoms with E-state index >= 15 is 0 Å². The van der Waals surface area contributed by atoms with Gasteiger partial charge in [-0.2, -0.15) is 4.98 Å². The molecule has 174 valence electrons. The molecule has 0 saturated carbocycles. The van der Waals surface area contributed by atoms with Gasteiger partial charge in [-0.1, -0.05) is 5.16 Å². The van der Waals surface area contributed by atoms with Gasteiger partial charge in [0.2, 0.25) is 17.6 Å². The number of nitrogens with two attached hydrogens (primary N) is 1. The molecule has 3 heterocycles. The van der Waals surface area contributed by atoms with Crippen LogP contribution in [-0.4, -0.2) is 38.5 Å². The molecular formula is C21H18F5N5O2. The topological polar surface area (TPSA) is 98.1 Å². The molecule has 2 atom stereocenters. The van der Waals surface area contributed by atoms with Gasteiger partial charge in [0, 0.05) is 31.1 Å². The van der Waals surface area contributed by atoms with Crippen LogP contribution in [0.1, 0.15) is 36.8 Å². The number of carbonyl (C=O) groups excluding carboxylic acids is 1. The van der Waals surface area contributed by atoms with Crippen molar-refractivity contribution in [3.8, 4) is 11.5 Å². The molecule has 0 spiro atoms. The quantitative estimate of drug-likeness (QED) is 0.441. The molecule has 1 aliphatic rings. The highest BCUT2D eigenvalue weighted by Gasteiger charge is 2.35. The van der Waals surface area contributed by atoms with Crippen molar-refractivity contribution in [1.29, 1.82) is 0 Å². The summed E-state index contributed by atoms with van der Waals surface area (Å²) in [6, 6.07) is 0.349. The number of pyridine rings is 1. The SMILES string of the molecule is NC(CC(=O)N1CCC[C@H]1c1nc(-c2ncc(F)cc2F)no1)Cc1cc(F)c(F)cc1F. The largest absolute Gasteiger partial charge is 0.337 e. The highest BCUT2D eigenvalue weighted by Crippen LogP contribution is 2.33. The van der Waals surface area contributed by atoms with E-state index in [1.807, 2.05) is 0 Å². The van der Waals surface area contributed by atoms with Crippen LogP contribution in [0.15, 0.2) is 28.9 Å². The van der Waals surface area contributed by atoms with Gasteiger partial charge in [-0.3, -0.25) is 4.79 Å². The fourth-order valence-corrected chi connectivity index (χ4v) is 3.78. The molecule has 1 unspecified atom stereocenters. The van der Waals surface area contributed by atoms with E-state index in [4.69, 9.17) is 10.3 Å². The Hall–Kier alpha value is -3.41. The summed E-state index contributed by atoms with van der Waals surface area (Å²) in [6.45, 7) is 0.372. The summed E-state index contributed by atoms with van der Waals surface area (Å²) in [5, 5.41) is 3.68. The van der Waals surface area contributed by atoms with Crippen molar-refractivity contribution in [3.05, 3.63) is 64.9 Å². The first-order valence-corrected chi connectivity index (χ1v) is 10.1. The van der Waals surface area contributed by atoms with E-state index in [2.05, 4.69) is 15.1 Å². The minimum absolute atomic E-state index is 0.0570. The van der Waals surface area contributed by atoms with Crippen molar-refractivity contribution in [1.82, 2.24) is 20.0 Å². The summed E-state index contributed by atoms with van der Waals surface area (Å²) in [5.74, 6) is -5.79. The van der Waals surface area contributed by atoms with Crippen LogP contribution < -0.4 is 5.73 Å². The highest BCUT2D eigenvalue weighted by molar-refractivity contribution is 5.77. The fourth-order valence-electron chi connectivity index (χ4n) is 3.78. The summed E-state index contributed by atoms with van der Waals surface area (Å²) < 4.78 is 72.6. The Morgan fingerprint density at radius 3 is 2.64 bits per heavy atom. The maximum Gasteiger partial charge on any atom is 0.249 e. The van der Waals surface area contributed by atoms with E-state index in [-0.39, 0.29) is 41.7 Å². The summed E-state index contributed by atoms with van der Waals surface area (Å²) in [5.41, 5.74) is 5.53. The van der Waals surface area contributed by atoms with E-state index in [1.165, 1.54) is 4.90 Å². The lowest BCUT2D eigenvalue weighted by Crippen LogP contribution is -2.36. The number of hydrogen-bond acceptors (Lipinski definition) is 6. The molecule has 1 saturated heterocycles. The number of likely N-dealkylation sites (tertiary alicyclic amines) is 1. The summed E-state index contributed by atoms with van der Waals surface area (Å²) in [7, 11) is 0. The zero-order chi connectivity index (χ0) is 23.7. The zero-order valence-electron chi connectivity index (χ0n) is 17.1. The van der Waals surface area contributed by atoms with Crippen molar-refractivity contribution >= 4 is 5.91 Å². The van der Waals surface area contributed by atoms with Crippen molar-refractivity contribution < 1.29 is 31.3 Å². The van der Waals surface area contributed by atoms with Crippen LogP contribution in [0.3, 0.4) is 0 Å². The lowest BCUT2D eigenvalue weighted by Gasteiger charge is -2.23. The fraction of sp³-hybridized carbons (Fsp3) is 0.333. The molecule has 7 nitrogen and oxygen atoms in total. The summed E-state index contributed by atoms with van der Waals surface area (Å²) in [4.78, 5) is 22.0. The third-order valence-electron chi connectivity index (χ3n) is 5.33. The van der Waals surface area contributed by atoms with Gasteiger partial charge < -0.3 is 15.2 Å². The molecule has 1 aliphatic heterocycles. The minimum Gasteiger partial charge on any atom is -0.337 e. The Labute approximate surface area is 184 Å². The monoisotopic (exact) mass is 467 g/mol. The average molecular weight is 467 g/mol. The predicted octanol–water partition coefficient (Wildman–Crippen LogP) is 3.45. The second kappa shape index (κ2) is 9.22. The first-order valence-electron chi connectivity index (χ1n) is 10.1. The maximum absolute atomic E-state index is 14.0. The van der Waals surface area contributed by atoms with Crippen LogP contribution in [0.4, 0.5) is 22.0 Å². The van der Waals surface area contributed by atoms with Crippen LogP contribution >= 0.6 is 0 Å². The van der Waals surface area contributed by atoms with E-state index < -0.39 is 41.2 Å². The van der Waals surface area contributed by atoms with Gasteiger partial charge in [-0.05, 0) is 30.9 Å². The molecule has 1 aromatic carbocycles. The van der Waals surface area contributed by atoms with Gasteiger partial charge in [0.15, 0.2) is 17.5 Å². The molecule has 4 rings (SSSR count). The van der Waals surface area contributed by atoms with Crippen LogP contribution in [0.2, 0.25) is 0 Å². The molecule has 0 aliphatic carbocycles. The van der Waals surface area contributed by atoms with Crippen molar-refractivity contribution in [2.75, 3.05) is 6.54 Å². The van der Waals surface area contributed by atoms with Gasteiger partial charge in [0.25, 0.3) is 0 Å². The minimum atomic E-state index is -1.31. The smallest absolute Gasteiger partial charge is 0.249 e. The standard InChI is InChI=1S/C21H18F5N5O2/c22-11-6-16(26)19(28-9-11)20-29-21(33-30-20)17-2-1-3-31(17)18(32)7-12(27)4-10-5-14(24)15(25)8-13(10)23/h5-6,8-9,12,17H,1-4,7,27H2/t12?,17-/m0/s1. The number of nitrogens with zero attached hydrogens (tertiary/aromatic N) is 4. The zero-order valence-corrected chi connectivity index (χ0v) is 17.1. The number of halogens is 5. The molecule has 1 fully saturated rings. The number of carbonyl (C=O) groups is 1. The molecular weight excluding hydrogens is 449 g/mol. The van der Waals surface area contributed by atoms with Crippen molar-refractivity contribution in [2.45, 2.75) is 37.8 Å². The maximum atomic E-state index is 14.0. The molecule has 0 bridgehead atoms. The molecule has 2 aromatic heterocycles. The van der Waals surface area contributed by atoms with Crippen LogP contribution in [0, 0.1) is 29.1 Å². The number of rotatable bonds is 6. The van der Waals surface area contributed by atoms with Gasteiger partial charge in [0.05, 0.1) is 6.20 Å². The summed E-state index contributed by atoms with van der Waals surface area (Å²) in [6.07, 6.45) is 1.58. The number of hydrogen-bond donors (Lipinski definition) is 1. The molecule has 12 heteroatoms. The van der Waals surface area contributed by atoms with Crippen molar-refractivity contribution in [2.24, 2.45) is 5.73 Å². The van der Waals surface area contributed by atoms with E-state index in [1.54, 1.807) is 0 Å². The third-order valence-corrected chi connectivity index (χ3v) is 5.33. The lowest BCUT2D eigenvalue weighted by molar-refractivity contribution is -0.132. The van der Waals surface area contributed by atoms with Crippen LogP contribution in [0.25, 0.3) is 11.5 Å². The molecule has 33 heavy (non-hydrogen) atoms. The summed E-state index contributed by atoms with van der Waals surface area (Å²) >= 11 is 0. The predicted molar refractivity (Wildman–Crippen MR) is 104 cm³/mol. The molecule has 3 aromatic rings. The lowest BCUT2D eigenvalue weighted by atomic mass is 10.0. The second-order valence-corrected chi connectivity index (χ2v) is 7.71. The van der Waals surface area contributed by atoms with Crippen molar-refractivity contribution in [3.63, 3.8) is 0 Å². The van der Waals surface area contributed by atoms with E-state index in [9.17, 15) is 26.7 Å². The highest BCUT2D eigenvalue weighted by atomic mass is 19.2. The first kappa shape index (κ1) is 22.8. The van der Waals surface area contributed by atoms with Gasteiger partial charge >= 0.3 is 0 Å². The molecule has 2 N–H and O–H groups in total. The Morgan fingerprint density at radius 2 is 1.88 bits per heavy atom. The molecule has 0 radical (unpaired) electrons. The number of aromatic nitrogens is 3. The Kier molecular flexibility index (Phi) is 6.36. The van der Waals surface area contributed by atoms with Gasteiger partial charge in [-0.15, -0.1) is 0 Å². The van der Waals surface area contributed by atoms with Gasteiger partial charge in [-0.25, -0.2) is 26.9 Å². The Morgan fingerprint density at radius 1 is 1.12 bits per heavy atom. The third kappa shape index (κ3) is 4.85. The second-order valence-electron chi connectivity index (χ2n) is 7.71. The number of amides is 1. The van der Waals surface area contributed by atoms with Crippen LogP contribution in [-0.2, 0) is 11.2 Å². The van der Waals surface area contributed by atoms with E-state index in [0.717, 1.165) is 12.3 Å². The van der Waals surface area contributed by atoms with E-state index in [0.29, 0.717) is 31.5 Å². The number of benzene rings is 1. The average Bonchev–Trinajstić information content (AvgIpc) is 3.41.